The number of ether oxygens (including phenoxy) is 2. The van der Waals surface area contributed by atoms with Crippen LogP contribution in [0.3, 0.4) is 0 Å². The van der Waals surface area contributed by atoms with Gasteiger partial charge in [0.1, 0.15) is 11.7 Å². The predicted octanol–water partition coefficient (Wildman–Crippen LogP) is 0.632. The number of aromatic nitrogens is 2. The van der Waals surface area contributed by atoms with Crippen LogP contribution in [0.5, 0.6) is 0 Å². The summed E-state index contributed by atoms with van der Waals surface area (Å²) in [6.07, 6.45) is 2.15. The van der Waals surface area contributed by atoms with Crippen LogP contribution in [0.25, 0.3) is 10.9 Å². The Labute approximate surface area is 229 Å². The number of likely N-dealkylation sites (tertiary alicyclic amines) is 1. The summed E-state index contributed by atoms with van der Waals surface area (Å²) in [6.45, 7) is 10.6. The molecule has 39 heavy (non-hydrogen) atoms. The summed E-state index contributed by atoms with van der Waals surface area (Å²) in [5, 5.41) is 10.6. The molecule has 4 aliphatic heterocycles. The van der Waals surface area contributed by atoms with Gasteiger partial charge in [0.2, 0.25) is 0 Å². The van der Waals surface area contributed by atoms with Crippen LogP contribution in [0.4, 0.5) is 11.4 Å². The predicted molar refractivity (Wildman–Crippen MR) is 153 cm³/mol. The number of nitrogens with two attached hydrogens (primary N) is 1. The molecule has 0 unspecified atom stereocenters. The third kappa shape index (κ3) is 4.25. The third-order valence-electron chi connectivity index (χ3n) is 8.54. The molecular weight excluding hydrogens is 489 g/mol. The molecule has 1 spiro atoms. The standard InChI is InChI=1S/C29H34BN7O2/c1-18-10-36(24-5-3-19(8-31)26-23(24)4-6-25(30)34-26)12-22(39-18)11-35-16-29(17-35)27-20(13-38-29)7-21(9-33-27)37-14-28(2,32)15-37/h3-7,9,18,22H,10-17,30,32H2,1-2H3/t18-,22+/m1/s1. The highest BCUT2D eigenvalue weighted by molar-refractivity contribution is 6.31. The maximum absolute atomic E-state index is 9.61. The number of benzene rings is 1. The first-order valence-electron chi connectivity index (χ1n) is 13.8. The van der Waals surface area contributed by atoms with Gasteiger partial charge in [-0.2, -0.15) is 5.26 Å². The summed E-state index contributed by atoms with van der Waals surface area (Å²) in [7, 11) is 1.96. The first kappa shape index (κ1) is 24.8. The van der Waals surface area contributed by atoms with Gasteiger partial charge in [-0.15, -0.1) is 0 Å². The third-order valence-corrected chi connectivity index (χ3v) is 8.54. The maximum Gasteiger partial charge on any atom is 0.163 e. The van der Waals surface area contributed by atoms with E-state index in [4.69, 9.17) is 20.2 Å². The minimum absolute atomic E-state index is 0.0726. The summed E-state index contributed by atoms with van der Waals surface area (Å²) >= 11 is 0. The highest BCUT2D eigenvalue weighted by Crippen LogP contribution is 2.44. The summed E-state index contributed by atoms with van der Waals surface area (Å²) in [6, 6.07) is 12.6. The quantitative estimate of drug-likeness (QED) is 0.494. The van der Waals surface area contributed by atoms with E-state index in [-0.39, 0.29) is 23.3 Å². The van der Waals surface area contributed by atoms with Crippen molar-refractivity contribution in [2.24, 2.45) is 5.73 Å². The van der Waals surface area contributed by atoms with Crippen molar-refractivity contribution in [1.29, 1.82) is 5.26 Å². The summed E-state index contributed by atoms with van der Waals surface area (Å²) < 4.78 is 12.7. The molecule has 2 N–H and O–H groups in total. The van der Waals surface area contributed by atoms with E-state index >= 15 is 0 Å². The summed E-state index contributed by atoms with van der Waals surface area (Å²) in [5.41, 5.74) is 12.6. The number of fused-ring (bicyclic) bond motifs is 3. The lowest BCUT2D eigenvalue weighted by Gasteiger charge is -2.49. The molecule has 200 valence electrons. The van der Waals surface area contributed by atoms with Gasteiger partial charge in [0.15, 0.2) is 7.85 Å². The van der Waals surface area contributed by atoms with Crippen LogP contribution < -0.4 is 21.1 Å². The van der Waals surface area contributed by atoms with Crippen LogP contribution in [0.15, 0.2) is 36.5 Å². The van der Waals surface area contributed by atoms with Gasteiger partial charge in [-0.3, -0.25) is 14.9 Å². The van der Waals surface area contributed by atoms with Crippen LogP contribution >= 0.6 is 0 Å². The first-order valence-corrected chi connectivity index (χ1v) is 13.8. The molecule has 2 aromatic heterocycles. The number of hydrogen-bond acceptors (Lipinski definition) is 9. The second kappa shape index (κ2) is 8.90. The highest BCUT2D eigenvalue weighted by atomic mass is 16.5. The smallest absolute Gasteiger partial charge is 0.163 e. The van der Waals surface area contributed by atoms with Gasteiger partial charge < -0.3 is 25.0 Å². The average Bonchev–Trinajstić information content (AvgIpc) is 3.25. The van der Waals surface area contributed by atoms with Gasteiger partial charge in [-0.05, 0) is 43.7 Å². The topological polar surface area (TPSA) is 104 Å². The van der Waals surface area contributed by atoms with E-state index in [2.05, 4.69) is 57.8 Å². The van der Waals surface area contributed by atoms with Gasteiger partial charge >= 0.3 is 0 Å². The molecule has 0 aliphatic carbocycles. The molecule has 0 bridgehead atoms. The van der Waals surface area contributed by atoms with E-state index in [9.17, 15) is 5.26 Å². The molecule has 2 atom stereocenters. The van der Waals surface area contributed by atoms with E-state index in [0.717, 1.165) is 79.4 Å². The highest BCUT2D eigenvalue weighted by Gasteiger charge is 2.52. The van der Waals surface area contributed by atoms with Crippen molar-refractivity contribution in [1.82, 2.24) is 14.9 Å². The molecule has 1 aromatic carbocycles. The molecule has 3 saturated heterocycles. The molecule has 4 aliphatic rings. The summed E-state index contributed by atoms with van der Waals surface area (Å²) in [5.74, 6) is 0. The van der Waals surface area contributed by atoms with Gasteiger partial charge in [-0.1, -0.05) is 6.07 Å². The SMILES string of the molecule is Bc1ccc2c(N3C[C@H](CN4CC5(C4)OCc4cc(N6CC(C)(N)C6)cnc45)O[C@H](C)C3)ccc(C#N)c2n1. The van der Waals surface area contributed by atoms with Crippen molar-refractivity contribution in [2.45, 2.75) is 43.8 Å². The molecule has 3 fully saturated rings. The second-order valence-corrected chi connectivity index (χ2v) is 12.2. The zero-order valence-corrected chi connectivity index (χ0v) is 22.9. The van der Waals surface area contributed by atoms with Crippen LogP contribution in [-0.2, 0) is 21.7 Å². The molecule has 0 radical (unpaired) electrons. The number of nitrogens with zero attached hydrogens (tertiary/aromatic N) is 6. The molecule has 0 saturated carbocycles. The van der Waals surface area contributed by atoms with Crippen molar-refractivity contribution in [3.8, 4) is 6.07 Å². The lowest BCUT2D eigenvalue weighted by molar-refractivity contribution is -0.157. The molecule has 9 nitrogen and oxygen atoms in total. The first-order chi connectivity index (χ1) is 18.7. The van der Waals surface area contributed by atoms with Crippen LogP contribution in [0.2, 0.25) is 0 Å². The molecule has 3 aromatic rings. The van der Waals surface area contributed by atoms with E-state index < -0.39 is 0 Å². The number of hydrogen-bond donors (Lipinski definition) is 1. The maximum atomic E-state index is 9.61. The van der Waals surface area contributed by atoms with Crippen molar-refractivity contribution in [2.75, 3.05) is 55.6 Å². The fourth-order valence-corrected chi connectivity index (χ4v) is 6.83. The zero-order chi connectivity index (χ0) is 26.9. The zero-order valence-electron chi connectivity index (χ0n) is 22.9. The fourth-order valence-electron chi connectivity index (χ4n) is 6.83. The number of nitriles is 1. The van der Waals surface area contributed by atoms with Crippen molar-refractivity contribution in [3.05, 3.63) is 53.3 Å². The van der Waals surface area contributed by atoms with Crippen LogP contribution in [-0.4, -0.2) is 86.3 Å². The van der Waals surface area contributed by atoms with E-state index in [1.807, 2.05) is 26.2 Å². The Bertz CT molecular complexity index is 1490. The number of morpholine rings is 1. The molecule has 7 rings (SSSR count). The van der Waals surface area contributed by atoms with Crippen LogP contribution in [0.1, 0.15) is 30.7 Å². The molecule has 6 heterocycles. The minimum Gasteiger partial charge on any atom is -0.370 e. The largest absolute Gasteiger partial charge is 0.370 e. The Kier molecular flexibility index (Phi) is 5.66. The number of pyridine rings is 2. The number of anilines is 2. The normalized spacial score (nSPS) is 25.3. The minimum atomic E-state index is -0.308. The van der Waals surface area contributed by atoms with Gasteiger partial charge in [0.25, 0.3) is 0 Å². The van der Waals surface area contributed by atoms with E-state index in [1.54, 1.807) is 0 Å². The fraction of sp³-hybridized carbons (Fsp3) is 0.483. The van der Waals surface area contributed by atoms with E-state index in [1.165, 1.54) is 5.56 Å². The van der Waals surface area contributed by atoms with Gasteiger partial charge in [0.05, 0.1) is 47.5 Å². The average molecular weight is 523 g/mol. The Balaban J connectivity index is 1.04. The van der Waals surface area contributed by atoms with Crippen LogP contribution in [0, 0.1) is 11.3 Å². The van der Waals surface area contributed by atoms with Crippen molar-refractivity contribution < 1.29 is 9.47 Å². The van der Waals surface area contributed by atoms with Gasteiger partial charge in [-0.25, -0.2) is 0 Å². The second-order valence-electron chi connectivity index (χ2n) is 12.2. The number of rotatable bonds is 4. The lowest BCUT2D eigenvalue weighted by Crippen LogP contribution is -2.65. The summed E-state index contributed by atoms with van der Waals surface area (Å²) in [4.78, 5) is 16.7. The Morgan fingerprint density at radius 1 is 1.15 bits per heavy atom. The van der Waals surface area contributed by atoms with Crippen molar-refractivity contribution in [3.63, 3.8) is 0 Å². The Morgan fingerprint density at radius 2 is 1.97 bits per heavy atom. The lowest BCUT2D eigenvalue weighted by atomic mass is 9.88. The molecule has 0 amide bonds. The van der Waals surface area contributed by atoms with E-state index in [0.29, 0.717) is 12.2 Å². The monoisotopic (exact) mass is 523 g/mol. The molecule has 10 heteroatoms. The Hall–Kier alpha value is -3.23. The Morgan fingerprint density at radius 3 is 2.74 bits per heavy atom. The molecular formula is C29H34BN7O2. The van der Waals surface area contributed by atoms with Gasteiger partial charge in [0, 0.05) is 68.0 Å². The van der Waals surface area contributed by atoms with Crippen molar-refractivity contribution >= 4 is 35.7 Å².